The second-order valence-corrected chi connectivity index (χ2v) is 5.08. The summed E-state index contributed by atoms with van der Waals surface area (Å²) in [7, 11) is 1.39. The standard InChI is InChI=1S/C14H12Cl2N2O3/c1-21-14-5-3-11(7-13(14)18(19)20)17-8-9-6-10(15)2-4-12(9)16/h2-7,17H,8H2,1H3. The van der Waals surface area contributed by atoms with Gasteiger partial charge in [0.05, 0.1) is 12.0 Å². The normalized spacial score (nSPS) is 10.2. The molecule has 0 aliphatic rings. The smallest absolute Gasteiger partial charge is 0.312 e. The molecule has 0 radical (unpaired) electrons. The Kier molecular flexibility index (Phi) is 4.88. The van der Waals surface area contributed by atoms with Gasteiger partial charge in [0.25, 0.3) is 0 Å². The van der Waals surface area contributed by atoms with Crippen LogP contribution < -0.4 is 10.1 Å². The van der Waals surface area contributed by atoms with E-state index in [9.17, 15) is 10.1 Å². The van der Waals surface area contributed by atoms with Crippen molar-refractivity contribution >= 4 is 34.6 Å². The van der Waals surface area contributed by atoms with Crippen LogP contribution in [0.5, 0.6) is 5.75 Å². The van der Waals surface area contributed by atoms with Gasteiger partial charge in [0, 0.05) is 28.3 Å². The molecule has 2 rings (SSSR count). The molecule has 21 heavy (non-hydrogen) atoms. The van der Waals surface area contributed by atoms with Crippen LogP contribution in [0.4, 0.5) is 11.4 Å². The average Bonchev–Trinajstić information content (AvgIpc) is 2.47. The maximum atomic E-state index is 11.0. The van der Waals surface area contributed by atoms with E-state index >= 15 is 0 Å². The second kappa shape index (κ2) is 6.65. The van der Waals surface area contributed by atoms with Crippen molar-refractivity contribution in [2.45, 2.75) is 6.54 Å². The lowest BCUT2D eigenvalue weighted by Crippen LogP contribution is -2.01. The molecule has 5 nitrogen and oxygen atoms in total. The minimum Gasteiger partial charge on any atom is -0.490 e. The van der Waals surface area contributed by atoms with Crippen molar-refractivity contribution < 1.29 is 9.66 Å². The van der Waals surface area contributed by atoms with E-state index in [0.29, 0.717) is 22.3 Å². The Morgan fingerprint density at radius 3 is 2.67 bits per heavy atom. The molecule has 1 N–H and O–H groups in total. The fourth-order valence-corrected chi connectivity index (χ4v) is 2.20. The van der Waals surface area contributed by atoms with Gasteiger partial charge in [-0.05, 0) is 35.9 Å². The van der Waals surface area contributed by atoms with Crippen LogP contribution in [0.2, 0.25) is 10.0 Å². The van der Waals surface area contributed by atoms with E-state index < -0.39 is 4.92 Å². The van der Waals surface area contributed by atoms with Gasteiger partial charge < -0.3 is 10.1 Å². The first-order chi connectivity index (χ1) is 10.0. The number of nitro groups is 1. The third-order valence-corrected chi connectivity index (χ3v) is 3.47. The van der Waals surface area contributed by atoms with Crippen LogP contribution in [0.25, 0.3) is 0 Å². The SMILES string of the molecule is COc1ccc(NCc2cc(Cl)ccc2Cl)cc1[N+](=O)[O-]. The Bertz CT molecular complexity index is 677. The molecule has 0 spiro atoms. The lowest BCUT2D eigenvalue weighted by atomic mass is 10.2. The molecule has 0 unspecified atom stereocenters. The van der Waals surface area contributed by atoms with Crippen molar-refractivity contribution in [2.24, 2.45) is 0 Å². The van der Waals surface area contributed by atoms with Crippen molar-refractivity contribution in [3.05, 3.63) is 62.1 Å². The van der Waals surface area contributed by atoms with Crippen LogP contribution in [-0.2, 0) is 6.54 Å². The molecule has 0 aliphatic heterocycles. The molecular weight excluding hydrogens is 315 g/mol. The summed E-state index contributed by atoms with van der Waals surface area (Å²) < 4.78 is 4.95. The molecule has 0 heterocycles. The lowest BCUT2D eigenvalue weighted by molar-refractivity contribution is -0.385. The first kappa shape index (κ1) is 15.4. The van der Waals surface area contributed by atoms with E-state index in [-0.39, 0.29) is 11.4 Å². The maximum absolute atomic E-state index is 11.0. The van der Waals surface area contributed by atoms with Crippen LogP contribution in [0.3, 0.4) is 0 Å². The first-order valence-electron chi connectivity index (χ1n) is 6.01. The predicted molar refractivity (Wildman–Crippen MR) is 83.4 cm³/mol. The molecular formula is C14H12Cl2N2O3. The van der Waals surface area contributed by atoms with Crippen molar-refractivity contribution in [1.29, 1.82) is 0 Å². The average molecular weight is 327 g/mol. The minimum atomic E-state index is -0.490. The number of rotatable bonds is 5. The highest BCUT2D eigenvalue weighted by atomic mass is 35.5. The highest BCUT2D eigenvalue weighted by Gasteiger charge is 2.15. The van der Waals surface area contributed by atoms with Gasteiger partial charge >= 0.3 is 5.69 Å². The molecule has 0 fully saturated rings. The Labute approximate surface area is 131 Å². The number of hydrogen-bond acceptors (Lipinski definition) is 4. The van der Waals surface area contributed by atoms with E-state index in [1.54, 1.807) is 30.3 Å². The highest BCUT2D eigenvalue weighted by Crippen LogP contribution is 2.30. The van der Waals surface area contributed by atoms with Crippen molar-refractivity contribution in [2.75, 3.05) is 12.4 Å². The van der Waals surface area contributed by atoms with Crippen molar-refractivity contribution in [1.82, 2.24) is 0 Å². The number of ether oxygens (including phenoxy) is 1. The quantitative estimate of drug-likeness (QED) is 0.648. The summed E-state index contributed by atoms with van der Waals surface area (Å²) in [5.74, 6) is 0.214. The van der Waals surface area contributed by atoms with Gasteiger partial charge in [-0.1, -0.05) is 23.2 Å². The third-order valence-electron chi connectivity index (χ3n) is 2.87. The minimum absolute atomic E-state index is 0.0975. The molecule has 7 heteroatoms. The Balaban J connectivity index is 2.18. The Morgan fingerprint density at radius 2 is 2.00 bits per heavy atom. The van der Waals surface area contributed by atoms with Gasteiger partial charge in [-0.25, -0.2) is 0 Å². The van der Waals surface area contributed by atoms with E-state index in [4.69, 9.17) is 27.9 Å². The first-order valence-corrected chi connectivity index (χ1v) is 6.77. The summed E-state index contributed by atoms with van der Waals surface area (Å²) in [4.78, 5) is 10.5. The number of nitro benzene ring substituents is 1. The highest BCUT2D eigenvalue weighted by molar-refractivity contribution is 6.33. The monoisotopic (exact) mass is 326 g/mol. The van der Waals surface area contributed by atoms with Crippen LogP contribution in [-0.4, -0.2) is 12.0 Å². The number of benzene rings is 2. The summed E-state index contributed by atoms with van der Waals surface area (Å²) in [5, 5.41) is 15.2. The van der Waals surface area contributed by atoms with Crippen molar-refractivity contribution in [3.8, 4) is 5.75 Å². The van der Waals surface area contributed by atoms with E-state index in [2.05, 4.69) is 5.32 Å². The van der Waals surface area contributed by atoms with E-state index in [1.165, 1.54) is 13.2 Å². The van der Waals surface area contributed by atoms with Crippen LogP contribution >= 0.6 is 23.2 Å². The summed E-state index contributed by atoms with van der Waals surface area (Å²) >= 11 is 12.0. The topological polar surface area (TPSA) is 64.4 Å². The molecule has 110 valence electrons. The van der Waals surface area contributed by atoms with E-state index in [0.717, 1.165) is 5.56 Å². The van der Waals surface area contributed by atoms with Crippen LogP contribution in [0.15, 0.2) is 36.4 Å². The van der Waals surface area contributed by atoms with Gasteiger partial charge in [0.2, 0.25) is 0 Å². The van der Waals surface area contributed by atoms with Gasteiger partial charge in [0.1, 0.15) is 0 Å². The predicted octanol–water partition coefficient (Wildman–Crippen LogP) is 4.52. The third kappa shape index (κ3) is 3.77. The number of halogens is 2. The van der Waals surface area contributed by atoms with Crippen LogP contribution in [0, 0.1) is 10.1 Å². The molecule has 2 aromatic rings. The Hall–Kier alpha value is -1.98. The Morgan fingerprint density at radius 1 is 1.24 bits per heavy atom. The molecule has 0 amide bonds. The van der Waals surface area contributed by atoms with Crippen LogP contribution in [0.1, 0.15) is 5.56 Å². The summed E-state index contributed by atoms with van der Waals surface area (Å²) in [6.07, 6.45) is 0. The summed E-state index contributed by atoms with van der Waals surface area (Å²) in [6, 6.07) is 9.80. The molecule has 2 aromatic carbocycles. The molecule has 0 aromatic heterocycles. The van der Waals surface area contributed by atoms with Gasteiger partial charge in [-0.15, -0.1) is 0 Å². The zero-order valence-corrected chi connectivity index (χ0v) is 12.6. The van der Waals surface area contributed by atoms with Gasteiger partial charge in [-0.2, -0.15) is 0 Å². The molecule has 0 saturated heterocycles. The largest absolute Gasteiger partial charge is 0.490 e. The lowest BCUT2D eigenvalue weighted by Gasteiger charge is -2.09. The maximum Gasteiger partial charge on any atom is 0.312 e. The van der Waals surface area contributed by atoms with Gasteiger partial charge in [-0.3, -0.25) is 10.1 Å². The number of hydrogen-bond donors (Lipinski definition) is 1. The fourth-order valence-electron chi connectivity index (χ4n) is 1.82. The summed E-state index contributed by atoms with van der Waals surface area (Å²) in [5.41, 5.74) is 1.31. The molecule has 0 saturated carbocycles. The van der Waals surface area contributed by atoms with Gasteiger partial charge in [0.15, 0.2) is 5.75 Å². The molecule has 0 aliphatic carbocycles. The van der Waals surface area contributed by atoms with Crippen molar-refractivity contribution in [3.63, 3.8) is 0 Å². The molecule has 0 bridgehead atoms. The number of nitrogens with one attached hydrogen (secondary N) is 1. The fraction of sp³-hybridized carbons (Fsp3) is 0.143. The van der Waals surface area contributed by atoms with E-state index in [1.807, 2.05) is 0 Å². The number of nitrogens with zero attached hydrogens (tertiary/aromatic N) is 1. The molecule has 0 atom stereocenters. The number of anilines is 1. The zero-order chi connectivity index (χ0) is 15.4. The zero-order valence-electron chi connectivity index (χ0n) is 11.1. The summed E-state index contributed by atoms with van der Waals surface area (Å²) in [6.45, 7) is 0.406. The number of methoxy groups -OCH3 is 1. The second-order valence-electron chi connectivity index (χ2n) is 4.23.